The molecule has 0 aliphatic carbocycles. The van der Waals surface area contributed by atoms with Gasteiger partial charge in [-0.05, 0) is 38.0 Å². The number of carbonyl (C=O) groups excluding carboxylic acids is 2. The van der Waals surface area contributed by atoms with E-state index in [9.17, 15) is 14.7 Å². The van der Waals surface area contributed by atoms with Gasteiger partial charge < -0.3 is 24.2 Å². The smallest absolute Gasteiger partial charge is 0.290 e. The molecule has 2 aliphatic heterocycles. The molecule has 2 aliphatic rings. The van der Waals surface area contributed by atoms with Gasteiger partial charge in [0.25, 0.3) is 5.91 Å². The quantitative estimate of drug-likeness (QED) is 0.836. The van der Waals surface area contributed by atoms with Crippen LogP contribution in [0.15, 0.2) is 29.5 Å². The summed E-state index contributed by atoms with van der Waals surface area (Å²) < 4.78 is 16.4. The molecule has 1 aromatic rings. The SMILES string of the molecule is COc1ccc(OC)c([C@@H]2C(C(C)=O)=C(O)C(=O)N2C[C@@H]2CCCO2)c1. The van der Waals surface area contributed by atoms with Gasteiger partial charge in [0.05, 0.1) is 31.9 Å². The average Bonchev–Trinajstić information content (AvgIpc) is 3.23. The van der Waals surface area contributed by atoms with Crippen molar-refractivity contribution in [1.82, 2.24) is 4.90 Å². The Labute approximate surface area is 152 Å². The van der Waals surface area contributed by atoms with Gasteiger partial charge in [0.2, 0.25) is 0 Å². The Bertz CT molecular complexity index is 750. The van der Waals surface area contributed by atoms with Gasteiger partial charge in [0.15, 0.2) is 11.5 Å². The van der Waals surface area contributed by atoms with Crippen LogP contribution in [0.25, 0.3) is 0 Å². The number of hydrogen-bond acceptors (Lipinski definition) is 6. The summed E-state index contributed by atoms with van der Waals surface area (Å²) in [5.74, 6) is -0.361. The van der Waals surface area contributed by atoms with Crippen molar-refractivity contribution in [2.24, 2.45) is 0 Å². The second kappa shape index (κ2) is 7.37. The summed E-state index contributed by atoms with van der Waals surface area (Å²) in [5.41, 5.74) is 0.659. The summed E-state index contributed by atoms with van der Waals surface area (Å²) in [7, 11) is 3.05. The minimum absolute atomic E-state index is 0.0690. The molecule has 2 heterocycles. The van der Waals surface area contributed by atoms with Crippen LogP contribution in [-0.4, -0.2) is 55.2 Å². The second-order valence-corrected chi connectivity index (χ2v) is 6.42. The van der Waals surface area contributed by atoms with Crippen LogP contribution in [0.5, 0.6) is 11.5 Å². The molecule has 140 valence electrons. The molecule has 7 nitrogen and oxygen atoms in total. The van der Waals surface area contributed by atoms with Crippen molar-refractivity contribution in [3.63, 3.8) is 0 Å². The molecule has 0 unspecified atom stereocenters. The molecule has 2 atom stereocenters. The van der Waals surface area contributed by atoms with Gasteiger partial charge in [0, 0.05) is 18.7 Å². The molecule has 0 bridgehead atoms. The fourth-order valence-electron chi connectivity index (χ4n) is 3.59. The van der Waals surface area contributed by atoms with Crippen LogP contribution in [0.3, 0.4) is 0 Å². The molecule has 1 N–H and O–H groups in total. The first-order valence-corrected chi connectivity index (χ1v) is 8.56. The molecule has 0 aromatic heterocycles. The van der Waals surface area contributed by atoms with Crippen molar-refractivity contribution in [2.75, 3.05) is 27.4 Å². The van der Waals surface area contributed by atoms with Crippen molar-refractivity contribution in [2.45, 2.75) is 31.9 Å². The Balaban J connectivity index is 2.08. The number of carbonyl (C=O) groups is 2. The number of rotatable bonds is 6. The zero-order chi connectivity index (χ0) is 18.8. The van der Waals surface area contributed by atoms with Crippen LogP contribution in [-0.2, 0) is 14.3 Å². The van der Waals surface area contributed by atoms with E-state index < -0.39 is 17.7 Å². The predicted octanol–water partition coefficient (Wildman–Crippen LogP) is 2.17. The highest BCUT2D eigenvalue weighted by atomic mass is 16.5. The van der Waals surface area contributed by atoms with E-state index in [1.807, 2.05) is 0 Å². The summed E-state index contributed by atoms with van der Waals surface area (Å²) >= 11 is 0. The number of methoxy groups -OCH3 is 2. The standard InChI is InChI=1S/C19H23NO6/c1-11(21)16-17(14-9-12(24-2)6-7-15(14)25-3)20(19(23)18(16)22)10-13-5-4-8-26-13/h6-7,9,13,17,22H,4-5,8,10H2,1-3H3/t13-,17+/m0/s1. The van der Waals surface area contributed by atoms with E-state index in [4.69, 9.17) is 14.2 Å². The maximum atomic E-state index is 12.7. The van der Waals surface area contributed by atoms with Gasteiger partial charge in [-0.3, -0.25) is 9.59 Å². The average molecular weight is 361 g/mol. The first-order chi connectivity index (χ1) is 12.5. The highest BCUT2D eigenvalue weighted by molar-refractivity contribution is 6.08. The Morgan fingerprint density at radius 1 is 1.35 bits per heavy atom. The summed E-state index contributed by atoms with van der Waals surface area (Å²) in [6, 6.07) is 4.44. The number of amides is 1. The van der Waals surface area contributed by atoms with Gasteiger partial charge in [-0.1, -0.05) is 0 Å². The number of ether oxygens (including phenoxy) is 3. The lowest BCUT2D eigenvalue weighted by Crippen LogP contribution is -2.37. The first kappa shape index (κ1) is 18.3. The monoisotopic (exact) mass is 361 g/mol. The van der Waals surface area contributed by atoms with Gasteiger partial charge in [-0.15, -0.1) is 0 Å². The summed E-state index contributed by atoms with van der Waals surface area (Å²) in [5, 5.41) is 10.3. The fraction of sp³-hybridized carbons (Fsp3) is 0.474. The minimum Gasteiger partial charge on any atom is -0.503 e. The Morgan fingerprint density at radius 2 is 2.12 bits per heavy atom. The zero-order valence-electron chi connectivity index (χ0n) is 15.2. The molecule has 1 saturated heterocycles. The first-order valence-electron chi connectivity index (χ1n) is 8.56. The van der Waals surface area contributed by atoms with Gasteiger partial charge in [-0.2, -0.15) is 0 Å². The van der Waals surface area contributed by atoms with Crippen LogP contribution in [0, 0.1) is 0 Å². The lowest BCUT2D eigenvalue weighted by Gasteiger charge is -2.29. The van der Waals surface area contributed by atoms with Crippen molar-refractivity contribution in [3.05, 3.63) is 35.1 Å². The van der Waals surface area contributed by atoms with Crippen LogP contribution in [0.2, 0.25) is 0 Å². The van der Waals surface area contributed by atoms with Crippen LogP contribution in [0.4, 0.5) is 0 Å². The Hall–Kier alpha value is -2.54. The third-order valence-electron chi connectivity index (χ3n) is 4.84. The van der Waals surface area contributed by atoms with E-state index in [1.54, 1.807) is 18.2 Å². The van der Waals surface area contributed by atoms with Gasteiger partial charge in [0.1, 0.15) is 11.5 Å². The highest BCUT2D eigenvalue weighted by Gasteiger charge is 2.44. The normalized spacial score (nSPS) is 22.9. The highest BCUT2D eigenvalue weighted by Crippen LogP contribution is 2.43. The van der Waals surface area contributed by atoms with Crippen molar-refractivity contribution in [1.29, 1.82) is 0 Å². The molecular weight excluding hydrogens is 338 g/mol. The number of hydrogen-bond donors (Lipinski definition) is 1. The second-order valence-electron chi connectivity index (χ2n) is 6.42. The minimum atomic E-state index is -0.741. The zero-order valence-corrected chi connectivity index (χ0v) is 15.2. The third-order valence-corrected chi connectivity index (χ3v) is 4.84. The maximum Gasteiger partial charge on any atom is 0.290 e. The van der Waals surface area contributed by atoms with Gasteiger partial charge >= 0.3 is 0 Å². The molecule has 3 rings (SSSR count). The lowest BCUT2D eigenvalue weighted by atomic mass is 9.95. The predicted molar refractivity (Wildman–Crippen MR) is 93.3 cm³/mol. The van der Waals surface area contributed by atoms with E-state index in [-0.39, 0.29) is 17.5 Å². The molecule has 1 fully saturated rings. The van der Waals surface area contributed by atoms with E-state index >= 15 is 0 Å². The summed E-state index contributed by atoms with van der Waals surface area (Å²) in [4.78, 5) is 26.4. The van der Waals surface area contributed by atoms with Crippen molar-refractivity contribution in [3.8, 4) is 11.5 Å². The molecule has 0 spiro atoms. The molecule has 7 heteroatoms. The van der Waals surface area contributed by atoms with E-state index in [0.717, 1.165) is 12.8 Å². The number of aliphatic hydroxyl groups excluding tert-OH is 1. The number of Topliss-reactive ketones (excluding diaryl/α,β-unsaturated/α-hetero) is 1. The van der Waals surface area contributed by atoms with Crippen molar-refractivity contribution < 1.29 is 28.9 Å². The third kappa shape index (κ3) is 3.14. The van der Waals surface area contributed by atoms with Gasteiger partial charge in [-0.25, -0.2) is 0 Å². The maximum absolute atomic E-state index is 12.7. The van der Waals surface area contributed by atoms with Crippen LogP contribution in [0.1, 0.15) is 31.4 Å². The number of ketones is 1. The lowest BCUT2D eigenvalue weighted by molar-refractivity contribution is -0.131. The largest absolute Gasteiger partial charge is 0.503 e. The summed E-state index contributed by atoms with van der Waals surface area (Å²) in [6.45, 7) is 2.29. The van der Waals surface area contributed by atoms with E-state index in [1.165, 1.54) is 26.0 Å². The molecule has 1 aromatic carbocycles. The Morgan fingerprint density at radius 3 is 2.69 bits per heavy atom. The van der Waals surface area contributed by atoms with Crippen molar-refractivity contribution >= 4 is 11.7 Å². The molecular formula is C19H23NO6. The van der Waals surface area contributed by atoms with E-state index in [2.05, 4.69) is 0 Å². The van der Waals surface area contributed by atoms with Crippen LogP contribution < -0.4 is 9.47 Å². The summed E-state index contributed by atoms with van der Waals surface area (Å²) in [6.07, 6.45) is 1.65. The number of nitrogens with zero attached hydrogens (tertiary/aromatic N) is 1. The molecule has 0 radical (unpaired) electrons. The molecule has 26 heavy (non-hydrogen) atoms. The fourth-order valence-corrected chi connectivity index (χ4v) is 3.59. The van der Waals surface area contributed by atoms with Crippen LogP contribution >= 0.6 is 0 Å². The molecule has 0 saturated carbocycles. The van der Waals surface area contributed by atoms with E-state index in [0.29, 0.717) is 30.2 Å². The number of aliphatic hydroxyl groups is 1. The molecule has 1 amide bonds. The Kier molecular flexibility index (Phi) is 5.18. The topological polar surface area (TPSA) is 85.3 Å². The number of benzene rings is 1.